The van der Waals surface area contributed by atoms with Crippen LogP contribution in [0.1, 0.15) is 36.2 Å². The average molecular weight is 258 g/mol. The molecule has 1 aromatic heterocycles. The van der Waals surface area contributed by atoms with Crippen LogP contribution in [0.25, 0.3) is 11.0 Å². The van der Waals surface area contributed by atoms with E-state index in [1.807, 2.05) is 17.0 Å². The van der Waals surface area contributed by atoms with Crippen molar-refractivity contribution in [3.8, 4) is 0 Å². The topological polar surface area (TPSA) is 59.5 Å². The second-order valence-electron chi connectivity index (χ2n) is 5.11. The van der Waals surface area contributed by atoms with E-state index >= 15 is 0 Å². The molecule has 19 heavy (non-hydrogen) atoms. The Morgan fingerprint density at radius 2 is 1.84 bits per heavy atom. The molecule has 0 aliphatic carbocycles. The van der Waals surface area contributed by atoms with Gasteiger partial charge in [0.25, 0.3) is 5.91 Å². The number of nitrogen functional groups attached to an aromatic ring is 1. The molecule has 0 radical (unpaired) electrons. The summed E-state index contributed by atoms with van der Waals surface area (Å²) in [6.07, 6.45) is 4.58. The van der Waals surface area contributed by atoms with Gasteiger partial charge in [0.15, 0.2) is 5.76 Å². The number of likely N-dealkylation sites (tertiary alicyclic amines) is 1. The number of rotatable bonds is 1. The minimum Gasteiger partial charge on any atom is -0.451 e. The minimum absolute atomic E-state index is 0.00308. The number of anilines is 1. The number of benzene rings is 1. The molecule has 2 N–H and O–H groups in total. The van der Waals surface area contributed by atoms with E-state index in [-0.39, 0.29) is 5.91 Å². The van der Waals surface area contributed by atoms with Gasteiger partial charge in [0.2, 0.25) is 0 Å². The van der Waals surface area contributed by atoms with Gasteiger partial charge in [-0.1, -0.05) is 12.8 Å². The first-order valence-corrected chi connectivity index (χ1v) is 6.82. The molecule has 2 aromatic rings. The third kappa shape index (κ3) is 2.43. The molecule has 1 fully saturated rings. The number of carbonyl (C=O) groups is 1. The number of nitrogens with two attached hydrogens (primary N) is 1. The molecular weight excluding hydrogens is 240 g/mol. The zero-order valence-corrected chi connectivity index (χ0v) is 10.9. The molecule has 1 aliphatic heterocycles. The number of carbonyl (C=O) groups excluding carboxylic acids is 1. The minimum atomic E-state index is -0.00308. The lowest BCUT2D eigenvalue weighted by molar-refractivity contribution is 0.0732. The fourth-order valence-corrected chi connectivity index (χ4v) is 2.60. The second kappa shape index (κ2) is 4.96. The standard InChI is InChI=1S/C15H18N2O2/c16-12-5-6-13-11(9-12)10-14(19-13)15(18)17-7-3-1-2-4-8-17/h5-6,9-10H,1-4,7-8,16H2. The Balaban J connectivity index is 1.88. The highest BCUT2D eigenvalue weighted by Gasteiger charge is 2.20. The average Bonchev–Trinajstić information content (AvgIpc) is 2.64. The van der Waals surface area contributed by atoms with Crippen molar-refractivity contribution >= 4 is 22.6 Å². The van der Waals surface area contributed by atoms with E-state index < -0.39 is 0 Å². The van der Waals surface area contributed by atoms with E-state index in [1.165, 1.54) is 12.8 Å². The lowest BCUT2D eigenvalue weighted by atomic mass is 10.2. The highest BCUT2D eigenvalue weighted by Crippen LogP contribution is 2.23. The van der Waals surface area contributed by atoms with Gasteiger partial charge in [-0.2, -0.15) is 0 Å². The Morgan fingerprint density at radius 1 is 1.11 bits per heavy atom. The second-order valence-corrected chi connectivity index (χ2v) is 5.11. The highest BCUT2D eigenvalue weighted by molar-refractivity contribution is 5.96. The van der Waals surface area contributed by atoms with Gasteiger partial charge >= 0.3 is 0 Å². The summed E-state index contributed by atoms with van der Waals surface area (Å²) < 4.78 is 5.63. The maximum absolute atomic E-state index is 12.4. The predicted octanol–water partition coefficient (Wildman–Crippen LogP) is 3.03. The van der Waals surface area contributed by atoms with Gasteiger partial charge in [-0.15, -0.1) is 0 Å². The van der Waals surface area contributed by atoms with Gasteiger partial charge in [-0.3, -0.25) is 4.79 Å². The number of hydrogen-bond donors (Lipinski definition) is 1. The molecule has 3 rings (SSSR count). The fourth-order valence-electron chi connectivity index (χ4n) is 2.60. The number of hydrogen-bond acceptors (Lipinski definition) is 3. The van der Waals surface area contributed by atoms with Crippen molar-refractivity contribution in [2.24, 2.45) is 0 Å². The van der Waals surface area contributed by atoms with Crippen molar-refractivity contribution in [3.63, 3.8) is 0 Å². The molecule has 4 heteroatoms. The van der Waals surface area contributed by atoms with E-state index in [0.717, 1.165) is 31.3 Å². The zero-order valence-electron chi connectivity index (χ0n) is 10.9. The fraction of sp³-hybridized carbons (Fsp3) is 0.400. The Morgan fingerprint density at radius 3 is 2.58 bits per heavy atom. The van der Waals surface area contributed by atoms with Crippen LogP contribution in [0.4, 0.5) is 5.69 Å². The lowest BCUT2D eigenvalue weighted by Gasteiger charge is -2.18. The van der Waals surface area contributed by atoms with E-state index in [2.05, 4.69) is 0 Å². The maximum Gasteiger partial charge on any atom is 0.289 e. The molecule has 0 atom stereocenters. The summed E-state index contributed by atoms with van der Waals surface area (Å²) in [6, 6.07) is 7.22. The number of furan rings is 1. The summed E-state index contributed by atoms with van der Waals surface area (Å²) in [5.74, 6) is 0.416. The van der Waals surface area contributed by atoms with Gasteiger partial charge in [0.05, 0.1) is 0 Å². The molecule has 1 aromatic carbocycles. The summed E-state index contributed by atoms with van der Waals surface area (Å²) in [4.78, 5) is 14.3. The molecule has 2 heterocycles. The number of fused-ring (bicyclic) bond motifs is 1. The molecular formula is C15H18N2O2. The molecule has 1 aliphatic rings. The van der Waals surface area contributed by atoms with Crippen LogP contribution >= 0.6 is 0 Å². The summed E-state index contributed by atoms with van der Waals surface area (Å²) in [6.45, 7) is 1.66. The lowest BCUT2D eigenvalue weighted by Crippen LogP contribution is -2.31. The molecule has 4 nitrogen and oxygen atoms in total. The van der Waals surface area contributed by atoms with Crippen molar-refractivity contribution in [3.05, 3.63) is 30.0 Å². The van der Waals surface area contributed by atoms with Crippen LogP contribution in [-0.2, 0) is 0 Å². The van der Waals surface area contributed by atoms with Gasteiger partial charge in [-0.05, 0) is 37.1 Å². The van der Waals surface area contributed by atoms with Crippen molar-refractivity contribution in [1.29, 1.82) is 0 Å². The van der Waals surface area contributed by atoms with Crippen molar-refractivity contribution in [1.82, 2.24) is 4.90 Å². The van der Waals surface area contributed by atoms with Crippen LogP contribution in [0.5, 0.6) is 0 Å². The van der Waals surface area contributed by atoms with E-state index in [0.29, 0.717) is 17.0 Å². The molecule has 0 unspecified atom stereocenters. The molecule has 1 saturated heterocycles. The van der Waals surface area contributed by atoms with Gasteiger partial charge in [0.1, 0.15) is 5.58 Å². The third-order valence-corrected chi connectivity index (χ3v) is 3.64. The molecule has 100 valence electrons. The molecule has 0 spiro atoms. The Bertz CT molecular complexity index is 595. The number of amides is 1. The predicted molar refractivity (Wildman–Crippen MR) is 75.0 cm³/mol. The summed E-state index contributed by atoms with van der Waals surface area (Å²) in [5.41, 5.74) is 7.13. The van der Waals surface area contributed by atoms with Gasteiger partial charge in [0, 0.05) is 24.2 Å². The Hall–Kier alpha value is -1.97. The zero-order chi connectivity index (χ0) is 13.2. The first-order valence-electron chi connectivity index (χ1n) is 6.82. The van der Waals surface area contributed by atoms with E-state index in [4.69, 9.17) is 10.2 Å². The molecule has 1 amide bonds. The van der Waals surface area contributed by atoms with Crippen LogP contribution in [0.15, 0.2) is 28.7 Å². The van der Waals surface area contributed by atoms with Crippen LogP contribution in [0, 0.1) is 0 Å². The monoisotopic (exact) mass is 258 g/mol. The van der Waals surface area contributed by atoms with Crippen LogP contribution in [0.2, 0.25) is 0 Å². The smallest absolute Gasteiger partial charge is 0.289 e. The van der Waals surface area contributed by atoms with Crippen molar-refractivity contribution in [2.45, 2.75) is 25.7 Å². The quantitative estimate of drug-likeness (QED) is 0.800. The van der Waals surface area contributed by atoms with E-state index in [9.17, 15) is 4.79 Å². The summed E-state index contributed by atoms with van der Waals surface area (Å²) in [7, 11) is 0. The van der Waals surface area contributed by atoms with Crippen LogP contribution in [0.3, 0.4) is 0 Å². The van der Waals surface area contributed by atoms with Gasteiger partial charge in [-0.25, -0.2) is 0 Å². The normalized spacial score (nSPS) is 16.5. The summed E-state index contributed by atoms with van der Waals surface area (Å²) in [5, 5.41) is 0.887. The Labute approximate surface area is 112 Å². The first-order chi connectivity index (χ1) is 9.24. The molecule has 0 bridgehead atoms. The van der Waals surface area contributed by atoms with Crippen LogP contribution in [-0.4, -0.2) is 23.9 Å². The van der Waals surface area contributed by atoms with Crippen molar-refractivity contribution in [2.75, 3.05) is 18.8 Å². The highest BCUT2D eigenvalue weighted by atomic mass is 16.3. The molecule has 0 saturated carbocycles. The van der Waals surface area contributed by atoms with Gasteiger partial charge < -0.3 is 15.1 Å². The van der Waals surface area contributed by atoms with Crippen molar-refractivity contribution < 1.29 is 9.21 Å². The third-order valence-electron chi connectivity index (χ3n) is 3.64. The maximum atomic E-state index is 12.4. The summed E-state index contributed by atoms with van der Waals surface area (Å²) >= 11 is 0. The van der Waals surface area contributed by atoms with E-state index in [1.54, 1.807) is 12.1 Å². The Kier molecular flexibility index (Phi) is 3.15. The number of nitrogens with zero attached hydrogens (tertiary/aromatic N) is 1. The van der Waals surface area contributed by atoms with Crippen LogP contribution < -0.4 is 5.73 Å². The first kappa shape index (κ1) is 12.1. The largest absolute Gasteiger partial charge is 0.451 e. The SMILES string of the molecule is Nc1ccc2oc(C(=O)N3CCCCCC3)cc2c1.